The summed E-state index contributed by atoms with van der Waals surface area (Å²) in [6.45, 7) is 4.72. The maximum Gasteiger partial charge on any atom is 0.136 e. The molecule has 2 aromatic heterocycles. The van der Waals surface area contributed by atoms with Gasteiger partial charge in [0.1, 0.15) is 11.2 Å². The van der Waals surface area contributed by atoms with E-state index in [2.05, 4.69) is 242 Å². The average Bonchev–Trinajstić information content (AvgIpc) is 4.00. The van der Waals surface area contributed by atoms with Crippen LogP contribution < -0.4 is 4.90 Å². The van der Waals surface area contributed by atoms with Gasteiger partial charge in [0.2, 0.25) is 0 Å². The molecule has 14 rings (SSSR count). The highest BCUT2D eigenvalue weighted by atomic mass is 16.3. The molecule has 0 unspecified atom stereocenters. The zero-order chi connectivity index (χ0) is 43.7. The lowest BCUT2D eigenvalue weighted by Crippen LogP contribution is -2.16. The number of nitrogens with zero attached hydrogens (tertiary/aromatic N) is 2. The Balaban J connectivity index is 1.00. The van der Waals surface area contributed by atoms with Gasteiger partial charge in [-0.2, -0.15) is 0 Å². The maximum atomic E-state index is 6.38. The van der Waals surface area contributed by atoms with E-state index in [1.54, 1.807) is 0 Å². The second-order valence-corrected chi connectivity index (χ2v) is 18.4. The Hall–Kier alpha value is -8.40. The van der Waals surface area contributed by atoms with Gasteiger partial charge in [-0.3, -0.25) is 0 Å². The van der Waals surface area contributed by atoms with E-state index in [1.807, 2.05) is 0 Å². The topological polar surface area (TPSA) is 21.3 Å². The highest BCUT2D eigenvalue weighted by Gasteiger charge is 2.37. The summed E-state index contributed by atoms with van der Waals surface area (Å²) in [6, 6.07) is 80.3. The van der Waals surface area contributed by atoms with Crippen LogP contribution in [0.25, 0.3) is 104 Å². The molecule has 0 N–H and O–H groups in total. The summed E-state index contributed by atoms with van der Waals surface area (Å²) in [4.78, 5) is 2.48. The summed E-state index contributed by atoms with van der Waals surface area (Å²) >= 11 is 0. The van der Waals surface area contributed by atoms with Crippen LogP contribution >= 0.6 is 0 Å². The number of para-hydroxylation sites is 1. The van der Waals surface area contributed by atoms with E-state index in [-0.39, 0.29) is 5.41 Å². The van der Waals surface area contributed by atoms with Gasteiger partial charge < -0.3 is 13.9 Å². The molecule has 0 aliphatic heterocycles. The largest absolute Gasteiger partial charge is 0.456 e. The second-order valence-electron chi connectivity index (χ2n) is 18.4. The summed E-state index contributed by atoms with van der Waals surface area (Å²) in [6.07, 6.45) is 0. The minimum absolute atomic E-state index is 0.133. The van der Waals surface area contributed by atoms with E-state index in [9.17, 15) is 0 Å². The molecule has 0 amide bonds. The third kappa shape index (κ3) is 5.26. The van der Waals surface area contributed by atoms with Crippen LogP contribution in [0.4, 0.5) is 17.1 Å². The number of benzene rings is 11. The minimum Gasteiger partial charge on any atom is -0.456 e. The first-order valence-corrected chi connectivity index (χ1v) is 22.9. The van der Waals surface area contributed by atoms with Gasteiger partial charge in [-0.25, -0.2) is 0 Å². The lowest BCUT2D eigenvalue weighted by atomic mass is 9.82. The van der Waals surface area contributed by atoms with Crippen molar-refractivity contribution in [3.63, 3.8) is 0 Å². The molecule has 0 radical (unpaired) electrons. The van der Waals surface area contributed by atoms with Gasteiger partial charge in [-0.15, -0.1) is 0 Å². The van der Waals surface area contributed by atoms with Crippen LogP contribution in [0.1, 0.15) is 25.0 Å². The molecule has 13 aromatic rings. The van der Waals surface area contributed by atoms with Crippen molar-refractivity contribution in [2.24, 2.45) is 0 Å². The summed E-state index contributed by atoms with van der Waals surface area (Å²) in [5.74, 6) is 0. The fourth-order valence-corrected chi connectivity index (χ4v) is 11.5. The molecule has 66 heavy (non-hydrogen) atoms. The van der Waals surface area contributed by atoms with Crippen molar-refractivity contribution < 1.29 is 4.42 Å². The molecule has 0 bridgehead atoms. The smallest absolute Gasteiger partial charge is 0.136 e. The summed E-state index contributed by atoms with van der Waals surface area (Å²) in [5, 5.41) is 9.76. The van der Waals surface area contributed by atoms with E-state index >= 15 is 0 Å². The summed E-state index contributed by atoms with van der Waals surface area (Å²) < 4.78 is 8.80. The molecule has 0 fully saturated rings. The Bertz CT molecular complexity index is 4060. The van der Waals surface area contributed by atoms with Crippen molar-refractivity contribution in [3.8, 4) is 39.1 Å². The van der Waals surface area contributed by atoms with Crippen molar-refractivity contribution in [1.82, 2.24) is 4.57 Å². The predicted octanol–water partition coefficient (Wildman–Crippen LogP) is 17.5. The van der Waals surface area contributed by atoms with Crippen LogP contribution in [0.5, 0.6) is 0 Å². The zero-order valence-electron chi connectivity index (χ0n) is 36.6. The quantitative estimate of drug-likeness (QED) is 0.156. The number of rotatable bonds is 6. The SMILES string of the molecule is CC1(C)c2ccccc2-c2c(N(c3ccc(-c4ccccc4)cc3)c3ccc4c(c3)c3cc(-c5ccc6c(c5)c5cccc7oc8cccc6c8c75)ccc3n4-c3ccccc3)cccc21. The Morgan fingerprint density at radius 3 is 1.71 bits per heavy atom. The molecule has 2 heterocycles. The fraction of sp³-hybridized carbons (Fsp3) is 0.0476. The van der Waals surface area contributed by atoms with Crippen LogP contribution in [0, 0.1) is 0 Å². The van der Waals surface area contributed by atoms with Gasteiger partial charge in [0.25, 0.3) is 0 Å². The Morgan fingerprint density at radius 2 is 0.955 bits per heavy atom. The van der Waals surface area contributed by atoms with E-state index < -0.39 is 0 Å². The third-order valence-corrected chi connectivity index (χ3v) is 14.5. The molecule has 310 valence electrons. The predicted molar refractivity (Wildman–Crippen MR) is 277 cm³/mol. The molecule has 0 saturated heterocycles. The summed E-state index contributed by atoms with van der Waals surface area (Å²) in [5.41, 5.74) is 18.7. The van der Waals surface area contributed by atoms with Crippen molar-refractivity contribution in [3.05, 3.63) is 230 Å². The molecular weight excluding hydrogens is 801 g/mol. The van der Waals surface area contributed by atoms with E-state index in [0.717, 1.165) is 28.2 Å². The molecule has 3 heteroatoms. The van der Waals surface area contributed by atoms with Gasteiger partial charge in [0.05, 0.1) is 16.7 Å². The number of fused-ring (bicyclic) bond motifs is 9. The molecule has 11 aromatic carbocycles. The molecular formula is C63H42N2O. The lowest BCUT2D eigenvalue weighted by Gasteiger charge is -2.29. The van der Waals surface area contributed by atoms with E-state index in [0.29, 0.717) is 0 Å². The van der Waals surface area contributed by atoms with Crippen LogP contribution in [0.2, 0.25) is 0 Å². The highest BCUT2D eigenvalue weighted by molar-refractivity contribution is 6.33. The van der Waals surface area contributed by atoms with Crippen molar-refractivity contribution in [1.29, 1.82) is 0 Å². The number of aromatic nitrogens is 1. The number of furan rings is 1. The van der Waals surface area contributed by atoms with Crippen LogP contribution in [-0.2, 0) is 5.41 Å². The Labute approximate surface area is 382 Å². The molecule has 0 atom stereocenters. The summed E-state index contributed by atoms with van der Waals surface area (Å²) in [7, 11) is 0. The molecule has 0 saturated carbocycles. The monoisotopic (exact) mass is 842 g/mol. The van der Waals surface area contributed by atoms with E-state index in [1.165, 1.54) is 104 Å². The van der Waals surface area contributed by atoms with Gasteiger partial charge in [0, 0.05) is 49.6 Å². The second kappa shape index (κ2) is 13.8. The molecule has 3 nitrogen and oxygen atoms in total. The maximum absolute atomic E-state index is 6.38. The number of anilines is 3. The average molecular weight is 843 g/mol. The van der Waals surface area contributed by atoms with Crippen LogP contribution in [0.15, 0.2) is 223 Å². The van der Waals surface area contributed by atoms with Crippen LogP contribution in [0.3, 0.4) is 0 Å². The van der Waals surface area contributed by atoms with Crippen molar-refractivity contribution in [2.45, 2.75) is 19.3 Å². The molecule has 1 aliphatic rings. The first kappa shape index (κ1) is 37.0. The third-order valence-electron chi connectivity index (χ3n) is 14.5. The fourth-order valence-electron chi connectivity index (χ4n) is 11.5. The first-order valence-electron chi connectivity index (χ1n) is 22.9. The molecule has 1 aliphatic carbocycles. The molecule has 0 spiro atoms. The lowest BCUT2D eigenvalue weighted by molar-refractivity contribution is 0.660. The van der Waals surface area contributed by atoms with Gasteiger partial charge in [-0.1, -0.05) is 153 Å². The Morgan fingerprint density at radius 1 is 0.394 bits per heavy atom. The number of hydrogen-bond acceptors (Lipinski definition) is 2. The van der Waals surface area contributed by atoms with Crippen LogP contribution in [-0.4, -0.2) is 4.57 Å². The standard InChI is InChI=1S/C63H42N2O/c1-63(2)53-21-10-9-18-49(53)60-54(63)22-13-23-57(60)64(44-30-26-40(27-31-44)39-14-5-3-6-15-39)45-32-35-56-52(38-45)51-37-42(29-34-55(51)65(56)43-16-7-4-8-17-43)41-28-33-46-47-19-11-24-58-61(47)62-48(50(46)36-41)20-12-25-59(62)66-58/h3-38H,1-2H3. The van der Waals surface area contributed by atoms with Crippen molar-refractivity contribution in [2.75, 3.05) is 4.90 Å². The highest BCUT2D eigenvalue weighted by Crippen LogP contribution is 2.54. The van der Waals surface area contributed by atoms with Crippen molar-refractivity contribution >= 4 is 82.4 Å². The number of hydrogen-bond donors (Lipinski definition) is 0. The van der Waals surface area contributed by atoms with Gasteiger partial charge in [0.15, 0.2) is 0 Å². The Kier molecular flexibility index (Phi) is 7.74. The minimum atomic E-state index is -0.133. The normalized spacial score (nSPS) is 13.1. The first-order chi connectivity index (χ1) is 32.5. The van der Waals surface area contributed by atoms with Gasteiger partial charge >= 0.3 is 0 Å². The zero-order valence-corrected chi connectivity index (χ0v) is 36.6. The van der Waals surface area contributed by atoms with Gasteiger partial charge in [-0.05, 0) is 139 Å². The van der Waals surface area contributed by atoms with E-state index in [4.69, 9.17) is 4.42 Å².